The molecule has 0 aromatic heterocycles. The predicted octanol–water partition coefficient (Wildman–Crippen LogP) is 22.0. The molecule has 0 heterocycles. The van der Waals surface area contributed by atoms with Crippen LogP contribution in [0.25, 0.3) is 0 Å². The number of ether oxygens (including phenoxy) is 3. The molecule has 428 valence electrons. The van der Waals surface area contributed by atoms with E-state index in [9.17, 15) is 14.4 Å². The maximum atomic E-state index is 12.8. The molecule has 0 fully saturated rings. The molecule has 0 N–H and O–H groups in total. The number of hydrogen-bond donors (Lipinski definition) is 0. The predicted molar refractivity (Wildman–Crippen MR) is 316 cm³/mol. The lowest BCUT2D eigenvalue weighted by Gasteiger charge is -2.18. The van der Waals surface area contributed by atoms with Crippen molar-refractivity contribution in [2.75, 3.05) is 13.2 Å². The standard InChI is InChI=1S/C67H124O6/c1-4-7-10-13-16-19-22-24-26-27-28-29-30-31-32-33-34-35-36-37-38-39-40-41-42-44-45-48-51-54-57-60-66(69)72-63-64(62-71-65(68)59-56-53-50-47-21-18-15-12-9-6-3)73-67(70)61-58-55-52-49-46-43-25-23-20-17-14-11-8-5-2/h14,17,23,25,27-28,64H,4-13,15-16,18-22,24,26,29-63H2,1-3H3/b17-14-,25-23-,28-27-. The average molecular weight is 1030 g/mol. The van der Waals surface area contributed by atoms with Gasteiger partial charge in [-0.1, -0.05) is 301 Å². The van der Waals surface area contributed by atoms with Gasteiger partial charge < -0.3 is 14.2 Å². The molecule has 0 aliphatic rings. The molecule has 0 spiro atoms. The van der Waals surface area contributed by atoms with E-state index in [2.05, 4.69) is 57.2 Å². The Balaban J connectivity index is 4.05. The van der Waals surface area contributed by atoms with E-state index in [0.717, 1.165) is 83.5 Å². The highest BCUT2D eigenvalue weighted by Crippen LogP contribution is 2.18. The Morgan fingerprint density at radius 2 is 0.507 bits per heavy atom. The van der Waals surface area contributed by atoms with Crippen LogP contribution >= 0.6 is 0 Å². The molecule has 1 atom stereocenters. The normalized spacial score (nSPS) is 12.2. The van der Waals surface area contributed by atoms with E-state index in [0.29, 0.717) is 19.3 Å². The van der Waals surface area contributed by atoms with Crippen LogP contribution in [-0.4, -0.2) is 37.2 Å². The highest BCUT2D eigenvalue weighted by atomic mass is 16.6. The van der Waals surface area contributed by atoms with Gasteiger partial charge in [-0.05, 0) is 70.6 Å². The summed E-state index contributed by atoms with van der Waals surface area (Å²) in [6.07, 6.45) is 76.1. The molecule has 0 aromatic rings. The van der Waals surface area contributed by atoms with Crippen molar-refractivity contribution in [3.63, 3.8) is 0 Å². The summed E-state index contributed by atoms with van der Waals surface area (Å²) in [5, 5.41) is 0. The van der Waals surface area contributed by atoms with Gasteiger partial charge >= 0.3 is 17.9 Å². The molecule has 0 saturated carbocycles. The minimum Gasteiger partial charge on any atom is -0.462 e. The molecule has 1 unspecified atom stereocenters. The van der Waals surface area contributed by atoms with Gasteiger partial charge in [-0.2, -0.15) is 0 Å². The number of esters is 3. The fraction of sp³-hybridized carbons (Fsp3) is 0.866. The summed E-state index contributed by atoms with van der Waals surface area (Å²) in [6.45, 7) is 6.62. The van der Waals surface area contributed by atoms with E-state index in [1.165, 1.54) is 231 Å². The van der Waals surface area contributed by atoms with Crippen LogP contribution in [0, 0.1) is 0 Å². The largest absolute Gasteiger partial charge is 0.462 e. The highest BCUT2D eigenvalue weighted by molar-refractivity contribution is 5.71. The Morgan fingerprint density at radius 3 is 0.808 bits per heavy atom. The van der Waals surface area contributed by atoms with Gasteiger partial charge in [-0.3, -0.25) is 14.4 Å². The summed E-state index contributed by atoms with van der Waals surface area (Å²) in [7, 11) is 0. The Hall–Kier alpha value is -2.37. The number of carbonyl (C=O) groups is 3. The lowest BCUT2D eigenvalue weighted by Crippen LogP contribution is -2.30. The highest BCUT2D eigenvalue weighted by Gasteiger charge is 2.19. The molecule has 0 amide bonds. The summed E-state index contributed by atoms with van der Waals surface area (Å²) in [6, 6.07) is 0. The van der Waals surface area contributed by atoms with Crippen LogP contribution in [-0.2, 0) is 28.6 Å². The molecule has 0 saturated heterocycles. The first-order valence-corrected chi connectivity index (χ1v) is 32.5. The first-order chi connectivity index (χ1) is 36.0. The van der Waals surface area contributed by atoms with Crippen molar-refractivity contribution >= 4 is 17.9 Å². The van der Waals surface area contributed by atoms with E-state index in [4.69, 9.17) is 14.2 Å². The lowest BCUT2D eigenvalue weighted by atomic mass is 10.0. The number of rotatable bonds is 60. The van der Waals surface area contributed by atoms with Crippen molar-refractivity contribution < 1.29 is 28.6 Å². The van der Waals surface area contributed by atoms with Crippen molar-refractivity contribution in [1.29, 1.82) is 0 Å². The molecule has 6 nitrogen and oxygen atoms in total. The molecular weight excluding hydrogens is 901 g/mol. The Labute approximate surface area is 455 Å². The lowest BCUT2D eigenvalue weighted by molar-refractivity contribution is -0.167. The first kappa shape index (κ1) is 70.6. The van der Waals surface area contributed by atoms with Crippen molar-refractivity contribution in [2.24, 2.45) is 0 Å². The van der Waals surface area contributed by atoms with Crippen LogP contribution in [0.15, 0.2) is 36.5 Å². The second kappa shape index (κ2) is 62.2. The second-order valence-electron chi connectivity index (χ2n) is 22.0. The number of carbonyl (C=O) groups excluding carboxylic acids is 3. The number of hydrogen-bond acceptors (Lipinski definition) is 6. The third-order valence-electron chi connectivity index (χ3n) is 14.6. The SMILES string of the molecule is CCCC/C=C\C/C=C\CCCCCCCC(=O)OC(COC(=O)CCCCCCCCCCCC)COC(=O)CCCCCCCCCCCCCCCCCCCCC/C=C\CCCCCCCCCC. The quantitative estimate of drug-likeness (QED) is 0.0261. The van der Waals surface area contributed by atoms with Gasteiger partial charge in [0.05, 0.1) is 0 Å². The van der Waals surface area contributed by atoms with E-state index < -0.39 is 6.10 Å². The molecule has 0 aromatic carbocycles. The monoisotopic (exact) mass is 1020 g/mol. The van der Waals surface area contributed by atoms with Crippen LogP contribution in [0.3, 0.4) is 0 Å². The fourth-order valence-corrected chi connectivity index (χ4v) is 9.69. The average Bonchev–Trinajstić information content (AvgIpc) is 3.39. The van der Waals surface area contributed by atoms with Crippen LogP contribution in [0.1, 0.15) is 355 Å². The zero-order valence-corrected chi connectivity index (χ0v) is 49.2. The van der Waals surface area contributed by atoms with Gasteiger partial charge in [0.2, 0.25) is 0 Å². The zero-order chi connectivity index (χ0) is 52.9. The Morgan fingerprint density at radius 1 is 0.274 bits per heavy atom. The smallest absolute Gasteiger partial charge is 0.306 e. The molecule has 73 heavy (non-hydrogen) atoms. The van der Waals surface area contributed by atoms with Crippen LogP contribution < -0.4 is 0 Å². The molecule has 0 radical (unpaired) electrons. The summed E-state index contributed by atoms with van der Waals surface area (Å²) in [5.41, 5.74) is 0. The molecule has 0 bridgehead atoms. The topological polar surface area (TPSA) is 78.9 Å². The van der Waals surface area contributed by atoms with E-state index in [-0.39, 0.29) is 31.1 Å². The molecule has 0 aliphatic heterocycles. The van der Waals surface area contributed by atoms with E-state index >= 15 is 0 Å². The van der Waals surface area contributed by atoms with Gasteiger partial charge in [0.15, 0.2) is 6.10 Å². The summed E-state index contributed by atoms with van der Waals surface area (Å²) in [5.74, 6) is -0.869. The third kappa shape index (κ3) is 60.4. The van der Waals surface area contributed by atoms with E-state index in [1.54, 1.807) is 0 Å². The molecule has 0 aliphatic carbocycles. The van der Waals surface area contributed by atoms with Gasteiger partial charge in [-0.25, -0.2) is 0 Å². The van der Waals surface area contributed by atoms with Crippen LogP contribution in [0.4, 0.5) is 0 Å². The molecule has 0 rings (SSSR count). The van der Waals surface area contributed by atoms with Gasteiger partial charge in [0.1, 0.15) is 13.2 Å². The van der Waals surface area contributed by atoms with Crippen molar-refractivity contribution in [1.82, 2.24) is 0 Å². The fourth-order valence-electron chi connectivity index (χ4n) is 9.69. The zero-order valence-electron chi connectivity index (χ0n) is 49.2. The van der Waals surface area contributed by atoms with Gasteiger partial charge in [0, 0.05) is 19.3 Å². The van der Waals surface area contributed by atoms with Crippen LogP contribution in [0.5, 0.6) is 0 Å². The number of unbranched alkanes of at least 4 members (excludes halogenated alkanes) is 43. The van der Waals surface area contributed by atoms with E-state index in [1.807, 2.05) is 0 Å². The summed E-state index contributed by atoms with van der Waals surface area (Å²) >= 11 is 0. The first-order valence-electron chi connectivity index (χ1n) is 32.5. The third-order valence-corrected chi connectivity index (χ3v) is 14.6. The molecule has 6 heteroatoms. The van der Waals surface area contributed by atoms with Gasteiger partial charge in [-0.15, -0.1) is 0 Å². The maximum absolute atomic E-state index is 12.8. The minimum atomic E-state index is -0.775. The van der Waals surface area contributed by atoms with Crippen LogP contribution in [0.2, 0.25) is 0 Å². The van der Waals surface area contributed by atoms with Crippen molar-refractivity contribution in [3.05, 3.63) is 36.5 Å². The maximum Gasteiger partial charge on any atom is 0.306 e. The second-order valence-corrected chi connectivity index (χ2v) is 22.0. The molecular formula is C67H124O6. The minimum absolute atomic E-state index is 0.0732. The Bertz CT molecular complexity index is 1220. The van der Waals surface area contributed by atoms with Crippen molar-refractivity contribution in [2.45, 2.75) is 361 Å². The Kier molecular flexibility index (Phi) is 60.2. The van der Waals surface area contributed by atoms with Crippen molar-refractivity contribution in [3.8, 4) is 0 Å². The number of allylic oxidation sites excluding steroid dienone is 6. The van der Waals surface area contributed by atoms with Gasteiger partial charge in [0.25, 0.3) is 0 Å². The summed E-state index contributed by atoms with van der Waals surface area (Å²) in [4.78, 5) is 38.1. The summed E-state index contributed by atoms with van der Waals surface area (Å²) < 4.78 is 16.9.